The second-order valence-electron chi connectivity index (χ2n) is 7.70. The van der Waals surface area contributed by atoms with Gasteiger partial charge >= 0.3 is 0 Å². The van der Waals surface area contributed by atoms with Gasteiger partial charge in [0.2, 0.25) is 0 Å². The lowest BCUT2D eigenvalue weighted by Crippen LogP contribution is -2.36. The van der Waals surface area contributed by atoms with Gasteiger partial charge in [0.05, 0.1) is 11.2 Å². The van der Waals surface area contributed by atoms with Gasteiger partial charge in [0, 0.05) is 43.1 Å². The summed E-state index contributed by atoms with van der Waals surface area (Å²) in [5, 5.41) is 10.3. The van der Waals surface area contributed by atoms with Crippen LogP contribution in [0.25, 0.3) is 10.9 Å². The Bertz CT molecular complexity index is 974. The predicted octanol–water partition coefficient (Wildman–Crippen LogP) is 3.77. The molecule has 0 spiro atoms. The molecule has 1 saturated heterocycles. The third-order valence-electron chi connectivity index (χ3n) is 6.09. The van der Waals surface area contributed by atoms with Crippen molar-refractivity contribution in [1.82, 2.24) is 19.7 Å². The molecular weight excluding hydrogens is 322 g/mol. The maximum absolute atomic E-state index is 4.79. The number of hydrogen-bond acceptors (Lipinski definition) is 4. The number of para-hydroxylation sites is 1. The van der Waals surface area contributed by atoms with Crippen molar-refractivity contribution in [3.8, 4) is 0 Å². The number of aryl methyl sites for hydroxylation is 2. The number of benzene rings is 1. The highest BCUT2D eigenvalue weighted by Crippen LogP contribution is 2.36. The standard InChI is InChI=1S/C21H25N5/c1-14-15(2)22-18-9-4-3-8-17(18)20(14)25-11-5-7-16(13-25)21-24-23-19-10-6-12-26(19)21/h3-4,8-9,16H,5-7,10-13H2,1-2H3/t16-/m0/s1. The van der Waals surface area contributed by atoms with E-state index < -0.39 is 0 Å². The molecular formula is C21H25N5. The van der Waals surface area contributed by atoms with Crippen LogP contribution in [0.2, 0.25) is 0 Å². The van der Waals surface area contributed by atoms with E-state index >= 15 is 0 Å². The number of anilines is 1. The van der Waals surface area contributed by atoms with Crippen LogP contribution in [0, 0.1) is 13.8 Å². The number of hydrogen-bond donors (Lipinski definition) is 0. The van der Waals surface area contributed by atoms with Gasteiger partial charge in [0.1, 0.15) is 11.6 Å². The fourth-order valence-electron chi connectivity index (χ4n) is 4.68. The lowest BCUT2D eigenvalue weighted by atomic mass is 9.95. The summed E-state index contributed by atoms with van der Waals surface area (Å²) in [6.07, 6.45) is 4.69. The largest absolute Gasteiger partial charge is 0.370 e. The fraction of sp³-hybridized carbons (Fsp3) is 0.476. The number of rotatable bonds is 2. The van der Waals surface area contributed by atoms with Crippen LogP contribution in [0.1, 0.15) is 48.1 Å². The minimum atomic E-state index is 0.467. The van der Waals surface area contributed by atoms with Gasteiger partial charge in [0.15, 0.2) is 0 Å². The third-order valence-corrected chi connectivity index (χ3v) is 6.09. The molecule has 26 heavy (non-hydrogen) atoms. The second-order valence-corrected chi connectivity index (χ2v) is 7.70. The Labute approximate surface area is 154 Å². The fourth-order valence-corrected chi connectivity index (χ4v) is 4.68. The van der Waals surface area contributed by atoms with E-state index in [2.05, 4.69) is 57.8 Å². The van der Waals surface area contributed by atoms with E-state index in [-0.39, 0.29) is 0 Å². The van der Waals surface area contributed by atoms with E-state index in [1.54, 1.807) is 0 Å². The van der Waals surface area contributed by atoms with Crippen LogP contribution < -0.4 is 4.90 Å². The summed E-state index contributed by atoms with van der Waals surface area (Å²) in [4.78, 5) is 7.36. The molecule has 2 aliphatic heterocycles. The average molecular weight is 347 g/mol. The normalized spacial score (nSPS) is 19.9. The van der Waals surface area contributed by atoms with Gasteiger partial charge in [-0.1, -0.05) is 18.2 Å². The smallest absolute Gasteiger partial charge is 0.137 e. The maximum Gasteiger partial charge on any atom is 0.137 e. The molecule has 0 N–H and O–H groups in total. The van der Waals surface area contributed by atoms with E-state index in [9.17, 15) is 0 Å². The molecule has 5 heteroatoms. The van der Waals surface area contributed by atoms with E-state index in [1.165, 1.54) is 47.5 Å². The molecule has 1 atom stereocenters. The van der Waals surface area contributed by atoms with Gasteiger partial charge in [-0.05, 0) is 44.7 Å². The Kier molecular flexibility index (Phi) is 3.69. The SMILES string of the molecule is Cc1nc2ccccc2c(N2CCC[C@H](c3nnc4n3CCC4)C2)c1C. The van der Waals surface area contributed by atoms with Crippen LogP contribution in [0.5, 0.6) is 0 Å². The van der Waals surface area contributed by atoms with Crippen molar-refractivity contribution >= 4 is 16.6 Å². The number of fused-ring (bicyclic) bond motifs is 2. The van der Waals surface area contributed by atoms with E-state index in [0.717, 1.165) is 37.3 Å². The Morgan fingerprint density at radius 2 is 1.92 bits per heavy atom. The zero-order valence-electron chi connectivity index (χ0n) is 15.6. The molecule has 5 nitrogen and oxygen atoms in total. The van der Waals surface area contributed by atoms with Crippen molar-refractivity contribution in [2.45, 2.75) is 52.0 Å². The molecule has 0 amide bonds. The summed E-state index contributed by atoms with van der Waals surface area (Å²) in [7, 11) is 0. The van der Waals surface area contributed by atoms with Crippen molar-refractivity contribution in [2.24, 2.45) is 0 Å². The molecule has 5 rings (SSSR count). The minimum Gasteiger partial charge on any atom is -0.370 e. The molecule has 0 radical (unpaired) electrons. The number of nitrogens with zero attached hydrogens (tertiary/aromatic N) is 5. The van der Waals surface area contributed by atoms with Crippen molar-refractivity contribution in [3.63, 3.8) is 0 Å². The zero-order chi connectivity index (χ0) is 17.7. The van der Waals surface area contributed by atoms with Crippen LogP contribution in [0.15, 0.2) is 24.3 Å². The van der Waals surface area contributed by atoms with Crippen LogP contribution in [0.3, 0.4) is 0 Å². The monoisotopic (exact) mass is 347 g/mol. The Morgan fingerprint density at radius 1 is 1.04 bits per heavy atom. The van der Waals surface area contributed by atoms with E-state index in [1.807, 2.05) is 0 Å². The highest BCUT2D eigenvalue weighted by atomic mass is 15.3. The Balaban J connectivity index is 1.55. The van der Waals surface area contributed by atoms with Crippen LogP contribution in [0.4, 0.5) is 5.69 Å². The Hall–Kier alpha value is -2.43. The summed E-state index contributed by atoms with van der Waals surface area (Å²) in [5.74, 6) is 2.85. The first-order valence-corrected chi connectivity index (χ1v) is 9.75. The van der Waals surface area contributed by atoms with Crippen molar-refractivity contribution in [3.05, 3.63) is 47.2 Å². The molecule has 1 aromatic carbocycles. The van der Waals surface area contributed by atoms with Crippen molar-refractivity contribution < 1.29 is 0 Å². The Morgan fingerprint density at radius 3 is 2.85 bits per heavy atom. The third kappa shape index (κ3) is 2.41. The van der Waals surface area contributed by atoms with Gasteiger partial charge in [-0.15, -0.1) is 10.2 Å². The summed E-state index contributed by atoms with van der Waals surface area (Å²) in [6, 6.07) is 8.53. The number of piperidine rings is 1. The van der Waals surface area contributed by atoms with Gasteiger partial charge in [0.25, 0.3) is 0 Å². The summed E-state index contributed by atoms with van der Waals surface area (Å²) >= 11 is 0. The van der Waals surface area contributed by atoms with E-state index in [4.69, 9.17) is 4.98 Å². The zero-order valence-corrected chi connectivity index (χ0v) is 15.6. The molecule has 1 fully saturated rings. The van der Waals surface area contributed by atoms with Gasteiger partial charge in [-0.25, -0.2) is 0 Å². The molecule has 4 heterocycles. The van der Waals surface area contributed by atoms with Gasteiger partial charge < -0.3 is 9.47 Å². The van der Waals surface area contributed by atoms with E-state index in [0.29, 0.717) is 5.92 Å². The molecule has 0 aliphatic carbocycles. The average Bonchev–Trinajstić information content (AvgIpc) is 3.26. The topological polar surface area (TPSA) is 46.8 Å². The minimum absolute atomic E-state index is 0.467. The summed E-state index contributed by atoms with van der Waals surface area (Å²) < 4.78 is 2.37. The maximum atomic E-state index is 4.79. The lowest BCUT2D eigenvalue weighted by molar-refractivity contribution is 0.473. The first kappa shape index (κ1) is 15.8. The van der Waals surface area contributed by atoms with Crippen molar-refractivity contribution in [2.75, 3.05) is 18.0 Å². The number of aromatic nitrogens is 4. The van der Waals surface area contributed by atoms with Crippen molar-refractivity contribution in [1.29, 1.82) is 0 Å². The van der Waals surface area contributed by atoms with Crippen LogP contribution in [-0.4, -0.2) is 32.8 Å². The van der Waals surface area contributed by atoms with Crippen LogP contribution in [-0.2, 0) is 13.0 Å². The lowest BCUT2D eigenvalue weighted by Gasteiger charge is -2.36. The molecule has 2 aliphatic rings. The molecule has 3 aromatic rings. The van der Waals surface area contributed by atoms with Gasteiger partial charge in [-0.2, -0.15) is 0 Å². The summed E-state index contributed by atoms with van der Waals surface area (Å²) in [6.45, 7) is 7.54. The molecule has 2 aromatic heterocycles. The second kappa shape index (κ2) is 6.08. The highest BCUT2D eigenvalue weighted by Gasteiger charge is 2.29. The predicted molar refractivity (Wildman–Crippen MR) is 104 cm³/mol. The highest BCUT2D eigenvalue weighted by molar-refractivity contribution is 5.94. The van der Waals surface area contributed by atoms with Gasteiger partial charge in [-0.3, -0.25) is 4.98 Å². The first-order valence-electron chi connectivity index (χ1n) is 9.75. The molecule has 134 valence electrons. The molecule has 0 saturated carbocycles. The quantitative estimate of drug-likeness (QED) is 0.708. The molecule has 0 unspecified atom stereocenters. The summed E-state index contributed by atoms with van der Waals surface area (Å²) in [5.41, 5.74) is 4.88. The van der Waals surface area contributed by atoms with Crippen LogP contribution >= 0.6 is 0 Å². The number of pyridine rings is 1. The first-order chi connectivity index (χ1) is 12.7. The molecule has 0 bridgehead atoms.